The van der Waals surface area contributed by atoms with Gasteiger partial charge in [-0.25, -0.2) is 0 Å². The Bertz CT molecular complexity index is 828. The molecule has 0 radical (unpaired) electrons. The van der Waals surface area contributed by atoms with Crippen LogP contribution in [0, 0.1) is 5.92 Å². The molecule has 1 aliphatic rings. The normalized spacial score (nSPS) is 18.0. The van der Waals surface area contributed by atoms with E-state index in [0.29, 0.717) is 18.7 Å². The Hall–Kier alpha value is -2.90. The van der Waals surface area contributed by atoms with Crippen LogP contribution in [0.1, 0.15) is 18.6 Å². The molecule has 4 heterocycles. The number of nitrogens with zero attached hydrogens (tertiary/aromatic N) is 5. The van der Waals surface area contributed by atoms with Crippen LogP contribution in [-0.2, 0) is 11.3 Å². The molecule has 0 bridgehead atoms. The van der Waals surface area contributed by atoms with Crippen molar-refractivity contribution in [1.29, 1.82) is 0 Å². The van der Waals surface area contributed by atoms with Crippen LogP contribution in [0.25, 0.3) is 5.65 Å². The number of hydrogen-bond acceptors (Lipinski definition) is 6. The summed E-state index contributed by atoms with van der Waals surface area (Å²) in [7, 11) is 0. The zero-order valence-electron chi connectivity index (χ0n) is 13.1. The Kier molecular flexibility index (Phi) is 3.86. The highest BCUT2D eigenvalue weighted by atomic mass is 16.3. The lowest BCUT2D eigenvalue weighted by Gasteiger charge is -2.32. The summed E-state index contributed by atoms with van der Waals surface area (Å²) in [5.74, 6) is 1.61. The average molecular weight is 326 g/mol. The minimum Gasteiger partial charge on any atom is -0.467 e. The second-order valence-electron chi connectivity index (χ2n) is 5.91. The Labute approximate surface area is 138 Å². The van der Waals surface area contributed by atoms with Crippen molar-refractivity contribution in [1.82, 2.24) is 25.1 Å². The number of rotatable bonds is 4. The van der Waals surface area contributed by atoms with Crippen molar-refractivity contribution in [2.75, 3.05) is 18.0 Å². The molecule has 0 saturated carbocycles. The molecule has 1 saturated heterocycles. The van der Waals surface area contributed by atoms with Crippen molar-refractivity contribution in [2.24, 2.45) is 5.92 Å². The first-order valence-electron chi connectivity index (χ1n) is 8.02. The van der Waals surface area contributed by atoms with E-state index in [9.17, 15) is 4.79 Å². The lowest BCUT2D eigenvalue weighted by atomic mass is 9.97. The molecule has 124 valence electrons. The van der Waals surface area contributed by atoms with Crippen molar-refractivity contribution < 1.29 is 9.21 Å². The third kappa shape index (κ3) is 2.94. The highest BCUT2D eigenvalue weighted by molar-refractivity contribution is 5.79. The van der Waals surface area contributed by atoms with E-state index in [2.05, 4.69) is 25.5 Å². The summed E-state index contributed by atoms with van der Waals surface area (Å²) < 4.78 is 6.89. The molecule has 3 aromatic rings. The number of nitrogens with one attached hydrogen (secondary N) is 1. The minimum atomic E-state index is -0.0490. The van der Waals surface area contributed by atoms with E-state index in [1.54, 1.807) is 17.1 Å². The van der Waals surface area contributed by atoms with E-state index in [1.807, 2.05) is 24.3 Å². The molecule has 0 spiro atoms. The molecule has 1 amide bonds. The fraction of sp³-hybridized carbons (Fsp3) is 0.375. The average Bonchev–Trinajstić information content (AvgIpc) is 3.30. The van der Waals surface area contributed by atoms with Gasteiger partial charge >= 0.3 is 0 Å². The van der Waals surface area contributed by atoms with Gasteiger partial charge in [0.15, 0.2) is 5.65 Å². The van der Waals surface area contributed by atoms with E-state index in [-0.39, 0.29) is 11.8 Å². The molecular weight excluding hydrogens is 308 g/mol. The second-order valence-corrected chi connectivity index (χ2v) is 5.91. The van der Waals surface area contributed by atoms with E-state index >= 15 is 0 Å². The quantitative estimate of drug-likeness (QED) is 0.776. The second kappa shape index (κ2) is 6.31. The van der Waals surface area contributed by atoms with Crippen molar-refractivity contribution in [3.8, 4) is 0 Å². The van der Waals surface area contributed by atoms with Crippen molar-refractivity contribution in [3.63, 3.8) is 0 Å². The van der Waals surface area contributed by atoms with Crippen LogP contribution in [-0.4, -0.2) is 38.8 Å². The van der Waals surface area contributed by atoms with Crippen LogP contribution < -0.4 is 10.2 Å². The number of fused-ring (bicyclic) bond motifs is 1. The number of anilines is 1. The van der Waals surface area contributed by atoms with Gasteiger partial charge in [-0.15, -0.1) is 15.3 Å². The summed E-state index contributed by atoms with van der Waals surface area (Å²) >= 11 is 0. The maximum atomic E-state index is 12.4. The smallest absolute Gasteiger partial charge is 0.225 e. The molecule has 1 aliphatic heterocycles. The summed E-state index contributed by atoms with van der Waals surface area (Å²) in [4.78, 5) is 14.6. The number of hydrogen-bond donors (Lipinski definition) is 1. The number of amides is 1. The maximum Gasteiger partial charge on any atom is 0.225 e. The van der Waals surface area contributed by atoms with Crippen LogP contribution >= 0.6 is 0 Å². The van der Waals surface area contributed by atoms with Gasteiger partial charge < -0.3 is 14.6 Å². The van der Waals surface area contributed by atoms with Crippen LogP contribution in [0.15, 0.2) is 41.3 Å². The zero-order chi connectivity index (χ0) is 16.4. The number of piperidine rings is 1. The predicted octanol–water partition coefficient (Wildman–Crippen LogP) is 1.25. The highest BCUT2D eigenvalue weighted by Gasteiger charge is 2.26. The third-order valence-electron chi connectivity index (χ3n) is 4.28. The Morgan fingerprint density at radius 1 is 1.38 bits per heavy atom. The van der Waals surface area contributed by atoms with Gasteiger partial charge in [0.1, 0.15) is 17.9 Å². The molecule has 1 fully saturated rings. The molecule has 4 rings (SSSR count). The van der Waals surface area contributed by atoms with Gasteiger partial charge in [0, 0.05) is 13.1 Å². The standard InChI is InChI=1S/C16H18N6O2/c23-16(17-9-13-4-2-8-24-13)12-3-1-7-21(10-12)15-6-5-14-19-18-11-22(14)20-15/h2,4-6,8,11-12H,1,3,7,9-10H2,(H,17,23). The Balaban J connectivity index is 1.41. The van der Waals surface area contributed by atoms with Crippen LogP contribution in [0.4, 0.5) is 5.82 Å². The number of carbonyl (C=O) groups is 1. The number of aromatic nitrogens is 4. The van der Waals surface area contributed by atoms with Gasteiger partial charge in [-0.3, -0.25) is 4.79 Å². The monoisotopic (exact) mass is 326 g/mol. The van der Waals surface area contributed by atoms with E-state index in [1.165, 1.54) is 0 Å². The highest BCUT2D eigenvalue weighted by Crippen LogP contribution is 2.22. The largest absolute Gasteiger partial charge is 0.467 e. The molecule has 1 atom stereocenters. The molecule has 3 aromatic heterocycles. The first-order chi connectivity index (χ1) is 11.8. The summed E-state index contributed by atoms with van der Waals surface area (Å²) in [5.41, 5.74) is 0.712. The van der Waals surface area contributed by atoms with Gasteiger partial charge in [-0.2, -0.15) is 4.52 Å². The van der Waals surface area contributed by atoms with Gasteiger partial charge in [0.05, 0.1) is 18.7 Å². The summed E-state index contributed by atoms with van der Waals surface area (Å²) in [6.07, 6.45) is 5.03. The first-order valence-corrected chi connectivity index (χ1v) is 8.02. The van der Waals surface area contributed by atoms with Crippen molar-refractivity contribution in [3.05, 3.63) is 42.6 Å². The minimum absolute atomic E-state index is 0.0490. The molecule has 0 aliphatic carbocycles. The third-order valence-corrected chi connectivity index (χ3v) is 4.28. The van der Waals surface area contributed by atoms with Gasteiger partial charge in [0.2, 0.25) is 5.91 Å². The van der Waals surface area contributed by atoms with E-state index in [0.717, 1.165) is 31.0 Å². The predicted molar refractivity (Wildman–Crippen MR) is 86.3 cm³/mol. The topological polar surface area (TPSA) is 88.6 Å². The fourth-order valence-corrected chi connectivity index (χ4v) is 3.02. The molecule has 24 heavy (non-hydrogen) atoms. The molecule has 1 unspecified atom stereocenters. The van der Waals surface area contributed by atoms with Crippen LogP contribution in [0.2, 0.25) is 0 Å². The zero-order valence-corrected chi connectivity index (χ0v) is 13.1. The lowest BCUT2D eigenvalue weighted by Crippen LogP contribution is -2.43. The number of carbonyl (C=O) groups excluding carboxylic acids is 1. The summed E-state index contributed by atoms with van der Waals surface area (Å²) in [5, 5.41) is 15.3. The van der Waals surface area contributed by atoms with Crippen molar-refractivity contribution in [2.45, 2.75) is 19.4 Å². The van der Waals surface area contributed by atoms with Gasteiger partial charge in [0.25, 0.3) is 0 Å². The van der Waals surface area contributed by atoms with E-state index < -0.39 is 0 Å². The maximum absolute atomic E-state index is 12.4. The van der Waals surface area contributed by atoms with Gasteiger partial charge in [-0.1, -0.05) is 0 Å². The molecule has 0 aromatic carbocycles. The van der Waals surface area contributed by atoms with Crippen LogP contribution in [0.5, 0.6) is 0 Å². The van der Waals surface area contributed by atoms with Crippen LogP contribution in [0.3, 0.4) is 0 Å². The van der Waals surface area contributed by atoms with Crippen molar-refractivity contribution >= 4 is 17.4 Å². The fourth-order valence-electron chi connectivity index (χ4n) is 3.02. The lowest BCUT2D eigenvalue weighted by molar-refractivity contribution is -0.125. The van der Waals surface area contributed by atoms with E-state index in [4.69, 9.17) is 4.42 Å². The Morgan fingerprint density at radius 2 is 2.33 bits per heavy atom. The summed E-state index contributed by atoms with van der Waals surface area (Å²) in [6.45, 7) is 1.97. The molecule has 8 nitrogen and oxygen atoms in total. The van der Waals surface area contributed by atoms with Gasteiger partial charge in [-0.05, 0) is 37.1 Å². The Morgan fingerprint density at radius 3 is 3.21 bits per heavy atom. The molecular formula is C16H18N6O2. The molecule has 1 N–H and O–H groups in total. The summed E-state index contributed by atoms with van der Waals surface area (Å²) in [6, 6.07) is 7.48. The molecule has 8 heteroatoms. The SMILES string of the molecule is O=C(NCc1ccco1)C1CCCN(c2ccc3nncn3n2)C1. The number of furan rings is 1. The first kappa shape index (κ1) is 14.7.